The summed E-state index contributed by atoms with van der Waals surface area (Å²) in [6.07, 6.45) is 0. The molecule has 1 saturated heterocycles. The summed E-state index contributed by atoms with van der Waals surface area (Å²) in [7, 11) is 0. The summed E-state index contributed by atoms with van der Waals surface area (Å²) in [5.41, 5.74) is 2.12. The van der Waals surface area contributed by atoms with Crippen molar-refractivity contribution < 1.29 is 9.53 Å². The van der Waals surface area contributed by atoms with Gasteiger partial charge in [-0.2, -0.15) is 0 Å². The summed E-state index contributed by atoms with van der Waals surface area (Å²) in [5.74, 6) is 0.126. The summed E-state index contributed by atoms with van der Waals surface area (Å²) in [5, 5.41) is 3.18. The number of benzene rings is 1. The van der Waals surface area contributed by atoms with Gasteiger partial charge in [0.1, 0.15) is 0 Å². The number of amides is 1. The second kappa shape index (κ2) is 6.20. The molecule has 2 rings (SSSR count). The van der Waals surface area contributed by atoms with E-state index in [0.29, 0.717) is 32.8 Å². The molecule has 0 atom stereocenters. The minimum atomic E-state index is 0.126. The zero-order valence-electron chi connectivity index (χ0n) is 10.4. The Morgan fingerprint density at radius 3 is 2.83 bits per heavy atom. The van der Waals surface area contributed by atoms with Crippen molar-refractivity contribution in [3.05, 3.63) is 28.2 Å². The van der Waals surface area contributed by atoms with Crippen molar-refractivity contribution in [1.29, 1.82) is 0 Å². The van der Waals surface area contributed by atoms with Crippen molar-refractivity contribution in [3.8, 4) is 0 Å². The van der Waals surface area contributed by atoms with Crippen LogP contribution in [-0.4, -0.2) is 43.7 Å². The molecule has 0 aromatic heterocycles. The SMILES string of the molecule is Cc1cc(Br)ccc1NCC(=O)N1CCOCC1. The van der Waals surface area contributed by atoms with E-state index in [9.17, 15) is 4.79 Å². The summed E-state index contributed by atoms with van der Waals surface area (Å²) in [6, 6.07) is 5.97. The molecule has 1 aliphatic rings. The third-order valence-corrected chi connectivity index (χ3v) is 3.48. The quantitative estimate of drug-likeness (QED) is 0.928. The van der Waals surface area contributed by atoms with Crippen molar-refractivity contribution in [3.63, 3.8) is 0 Å². The molecule has 1 heterocycles. The van der Waals surface area contributed by atoms with Crippen molar-refractivity contribution in [2.45, 2.75) is 6.92 Å². The number of hydrogen-bond acceptors (Lipinski definition) is 3. The molecule has 0 aliphatic carbocycles. The van der Waals surface area contributed by atoms with Gasteiger partial charge in [0.15, 0.2) is 0 Å². The van der Waals surface area contributed by atoms with Gasteiger partial charge in [-0.05, 0) is 30.7 Å². The fraction of sp³-hybridized carbons (Fsp3) is 0.462. The molecule has 0 spiro atoms. The Morgan fingerprint density at radius 2 is 2.17 bits per heavy atom. The predicted molar refractivity (Wildman–Crippen MR) is 74.8 cm³/mol. The van der Waals surface area contributed by atoms with E-state index in [0.717, 1.165) is 15.7 Å². The maximum atomic E-state index is 11.9. The van der Waals surface area contributed by atoms with Crippen LogP contribution in [0.2, 0.25) is 0 Å². The largest absolute Gasteiger partial charge is 0.378 e. The Bertz CT molecular complexity index is 431. The van der Waals surface area contributed by atoms with Crippen LogP contribution < -0.4 is 5.32 Å². The Labute approximate surface area is 115 Å². The third kappa shape index (κ3) is 3.46. The summed E-state index contributed by atoms with van der Waals surface area (Å²) >= 11 is 3.42. The molecule has 1 amide bonds. The van der Waals surface area contributed by atoms with Gasteiger partial charge in [-0.15, -0.1) is 0 Å². The molecule has 1 fully saturated rings. The minimum Gasteiger partial charge on any atom is -0.378 e. The van der Waals surface area contributed by atoms with Gasteiger partial charge in [0.05, 0.1) is 19.8 Å². The van der Waals surface area contributed by atoms with Crippen molar-refractivity contribution >= 4 is 27.5 Å². The molecule has 18 heavy (non-hydrogen) atoms. The van der Waals surface area contributed by atoms with Crippen LogP contribution in [0.25, 0.3) is 0 Å². The first-order valence-corrected chi connectivity index (χ1v) is 6.81. The monoisotopic (exact) mass is 312 g/mol. The molecular weight excluding hydrogens is 296 g/mol. The highest BCUT2D eigenvalue weighted by Crippen LogP contribution is 2.19. The average Bonchev–Trinajstić information content (AvgIpc) is 2.38. The van der Waals surface area contributed by atoms with Crippen LogP contribution in [-0.2, 0) is 9.53 Å². The lowest BCUT2D eigenvalue weighted by Gasteiger charge is -2.27. The lowest BCUT2D eigenvalue weighted by molar-refractivity contribution is -0.133. The number of aryl methyl sites for hydroxylation is 1. The van der Waals surface area contributed by atoms with Gasteiger partial charge in [0.2, 0.25) is 5.91 Å². The van der Waals surface area contributed by atoms with Gasteiger partial charge in [0.25, 0.3) is 0 Å². The zero-order valence-corrected chi connectivity index (χ0v) is 12.0. The number of ether oxygens (including phenoxy) is 1. The van der Waals surface area contributed by atoms with Gasteiger partial charge >= 0.3 is 0 Å². The van der Waals surface area contributed by atoms with Gasteiger partial charge in [-0.25, -0.2) is 0 Å². The highest BCUT2D eigenvalue weighted by atomic mass is 79.9. The third-order valence-electron chi connectivity index (χ3n) is 2.98. The molecule has 4 nitrogen and oxygen atoms in total. The number of anilines is 1. The topological polar surface area (TPSA) is 41.6 Å². The number of carbonyl (C=O) groups is 1. The maximum Gasteiger partial charge on any atom is 0.242 e. The van der Waals surface area contributed by atoms with Crippen LogP contribution in [0.15, 0.2) is 22.7 Å². The van der Waals surface area contributed by atoms with E-state index in [1.807, 2.05) is 30.0 Å². The number of nitrogens with zero attached hydrogens (tertiary/aromatic N) is 1. The van der Waals surface area contributed by atoms with E-state index in [4.69, 9.17) is 4.74 Å². The highest BCUT2D eigenvalue weighted by Gasteiger charge is 2.16. The lowest BCUT2D eigenvalue weighted by Crippen LogP contribution is -2.43. The van der Waals surface area contributed by atoms with Crippen LogP contribution in [0.4, 0.5) is 5.69 Å². The van der Waals surface area contributed by atoms with E-state index >= 15 is 0 Å². The summed E-state index contributed by atoms with van der Waals surface area (Å²) in [6.45, 7) is 5.03. The average molecular weight is 313 g/mol. The highest BCUT2D eigenvalue weighted by molar-refractivity contribution is 9.10. The Balaban J connectivity index is 1.88. The van der Waals surface area contributed by atoms with Crippen LogP contribution >= 0.6 is 15.9 Å². The van der Waals surface area contributed by atoms with Gasteiger partial charge in [0, 0.05) is 23.2 Å². The fourth-order valence-corrected chi connectivity index (χ4v) is 2.40. The normalized spacial score (nSPS) is 15.6. The van der Waals surface area contributed by atoms with E-state index in [-0.39, 0.29) is 5.91 Å². The zero-order chi connectivity index (χ0) is 13.0. The fourth-order valence-electron chi connectivity index (χ4n) is 1.92. The van der Waals surface area contributed by atoms with E-state index < -0.39 is 0 Å². The Kier molecular flexibility index (Phi) is 4.60. The second-order valence-corrected chi connectivity index (χ2v) is 5.22. The number of carbonyl (C=O) groups excluding carboxylic acids is 1. The number of hydrogen-bond donors (Lipinski definition) is 1. The van der Waals surface area contributed by atoms with E-state index in [1.165, 1.54) is 0 Å². The number of rotatable bonds is 3. The molecule has 1 N–H and O–H groups in total. The molecule has 0 bridgehead atoms. The smallest absolute Gasteiger partial charge is 0.242 e. The standard InChI is InChI=1S/C13H17BrN2O2/c1-10-8-11(14)2-3-12(10)15-9-13(17)16-4-6-18-7-5-16/h2-3,8,15H,4-7,9H2,1H3. The van der Waals surface area contributed by atoms with Crippen molar-refractivity contribution in [1.82, 2.24) is 4.90 Å². The van der Waals surface area contributed by atoms with Gasteiger partial charge in [-0.3, -0.25) is 4.79 Å². The number of morpholine rings is 1. The summed E-state index contributed by atoms with van der Waals surface area (Å²) in [4.78, 5) is 13.8. The van der Waals surface area contributed by atoms with Gasteiger partial charge in [-0.1, -0.05) is 15.9 Å². The predicted octanol–water partition coefficient (Wildman–Crippen LogP) is 2.03. The van der Waals surface area contributed by atoms with Crippen LogP contribution in [0.1, 0.15) is 5.56 Å². The molecule has 0 saturated carbocycles. The first-order valence-electron chi connectivity index (χ1n) is 6.02. The molecule has 98 valence electrons. The van der Waals surface area contributed by atoms with Crippen LogP contribution in [0, 0.1) is 6.92 Å². The molecule has 1 aromatic carbocycles. The first-order chi connectivity index (χ1) is 8.66. The van der Waals surface area contributed by atoms with Crippen molar-refractivity contribution in [2.75, 3.05) is 38.2 Å². The Hall–Kier alpha value is -1.07. The molecule has 1 aliphatic heterocycles. The molecule has 5 heteroatoms. The summed E-state index contributed by atoms with van der Waals surface area (Å²) < 4.78 is 6.27. The maximum absolute atomic E-state index is 11.9. The Morgan fingerprint density at radius 1 is 1.44 bits per heavy atom. The van der Waals surface area contributed by atoms with Crippen LogP contribution in [0.3, 0.4) is 0 Å². The van der Waals surface area contributed by atoms with E-state index in [2.05, 4.69) is 21.2 Å². The second-order valence-electron chi connectivity index (χ2n) is 4.31. The molecular formula is C13H17BrN2O2. The van der Waals surface area contributed by atoms with E-state index in [1.54, 1.807) is 0 Å². The van der Waals surface area contributed by atoms with Crippen molar-refractivity contribution in [2.24, 2.45) is 0 Å². The van der Waals surface area contributed by atoms with Gasteiger partial charge < -0.3 is 15.0 Å². The minimum absolute atomic E-state index is 0.126. The number of nitrogens with one attached hydrogen (secondary N) is 1. The molecule has 1 aromatic rings. The number of halogens is 1. The molecule has 0 radical (unpaired) electrons. The molecule has 0 unspecified atom stereocenters. The first kappa shape index (κ1) is 13.4. The van der Waals surface area contributed by atoms with Crippen LogP contribution in [0.5, 0.6) is 0 Å². The lowest BCUT2D eigenvalue weighted by atomic mass is 10.2.